The van der Waals surface area contributed by atoms with Crippen molar-refractivity contribution in [2.75, 3.05) is 5.32 Å². The highest BCUT2D eigenvalue weighted by Gasteiger charge is 2.33. The number of urea groups is 1. The van der Waals surface area contributed by atoms with Gasteiger partial charge >= 0.3 is 12.0 Å². The van der Waals surface area contributed by atoms with Crippen molar-refractivity contribution < 1.29 is 19.1 Å². The van der Waals surface area contributed by atoms with E-state index in [9.17, 15) is 9.59 Å². The number of carboxylic acids is 1. The summed E-state index contributed by atoms with van der Waals surface area (Å²) in [6, 6.07) is 4.98. The Morgan fingerprint density at radius 2 is 2.24 bits per heavy atom. The largest absolute Gasteiger partial charge is 0.478 e. The van der Waals surface area contributed by atoms with Crippen molar-refractivity contribution in [2.24, 2.45) is 0 Å². The van der Waals surface area contributed by atoms with E-state index < -0.39 is 5.97 Å². The van der Waals surface area contributed by atoms with Crippen LogP contribution in [0.1, 0.15) is 29.0 Å². The average molecular weight is 306 g/mol. The Kier molecular flexibility index (Phi) is 3.66. The van der Waals surface area contributed by atoms with E-state index in [-0.39, 0.29) is 17.6 Å². The molecule has 0 radical (unpaired) electrons. The molecule has 1 fully saturated rings. The van der Waals surface area contributed by atoms with Crippen molar-refractivity contribution in [3.05, 3.63) is 41.2 Å². The van der Waals surface area contributed by atoms with Crippen LogP contribution in [0.2, 0.25) is 0 Å². The Bertz CT molecular complexity index is 646. The molecule has 2 aromatic rings. The van der Waals surface area contributed by atoms with Crippen LogP contribution in [0.5, 0.6) is 0 Å². The summed E-state index contributed by atoms with van der Waals surface area (Å²) in [7, 11) is 0. The molecule has 2 amide bonds. The number of nitrogens with zero attached hydrogens (tertiary/aromatic N) is 1. The highest BCUT2D eigenvalue weighted by atomic mass is 32.1. The SMILES string of the molecule is O=C(O)c1ccsc1NC(=O)N(Cc1ccco1)C1CC1. The quantitative estimate of drug-likeness (QED) is 0.888. The van der Waals surface area contributed by atoms with Crippen molar-refractivity contribution in [2.45, 2.75) is 25.4 Å². The molecule has 7 heteroatoms. The minimum absolute atomic E-state index is 0.113. The number of hydrogen-bond donors (Lipinski definition) is 2. The first-order chi connectivity index (χ1) is 10.1. The summed E-state index contributed by atoms with van der Waals surface area (Å²) < 4.78 is 5.28. The maximum Gasteiger partial charge on any atom is 0.338 e. The van der Waals surface area contributed by atoms with Gasteiger partial charge in [-0.2, -0.15) is 0 Å². The molecule has 0 atom stereocenters. The lowest BCUT2D eigenvalue weighted by Crippen LogP contribution is -2.36. The molecule has 1 saturated carbocycles. The van der Waals surface area contributed by atoms with Gasteiger partial charge in [0.2, 0.25) is 0 Å². The summed E-state index contributed by atoms with van der Waals surface area (Å²) in [6.45, 7) is 0.386. The first-order valence-electron chi connectivity index (χ1n) is 6.56. The minimum Gasteiger partial charge on any atom is -0.478 e. The molecule has 110 valence electrons. The van der Waals surface area contributed by atoms with E-state index in [0.29, 0.717) is 17.3 Å². The number of aromatic carboxylic acids is 1. The second-order valence-corrected chi connectivity index (χ2v) is 5.75. The molecule has 0 bridgehead atoms. The van der Waals surface area contributed by atoms with Crippen molar-refractivity contribution in [3.63, 3.8) is 0 Å². The molecule has 2 N–H and O–H groups in total. The highest BCUT2D eigenvalue weighted by Crippen LogP contribution is 2.30. The maximum absolute atomic E-state index is 12.4. The van der Waals surface area contributed by atoms with Crippen LogP contribution in [0.15, 0.2) is 34.3 Å². The van der Waals surface area contributed by atoms with Crippen LogP contribution in [0.3, 0.4) is 0 Å². The third-order valence-electron chi connectivity index (χ3n) is 3.27. The second kappa shape index (κ2) is 5.61. The summed E-state index contributed by atoms with van der Waals surface area (Å²) in [5.41, 5.74) is 0.113. The fourth-order valence-electron chi connectivity index (χ4n) is 2.07. The Labute approximate surface area is 125 Å². The summed E-state index contributed by atoms with van der Waals surface area (Å²) in [6.07, 6.45) is 3.49. The van der Waals surface area contributed by atoms with Gasteiger partial charge < -0.3 is 14.4 Å². The molecule has 0 aliphatic heterocycles. The van der Waals surface area contributed by atoms with Gasteiger partial charge in [-0.25, -0.2) is 9.59 Å². The minimum atomic E-state index is -1.05. The van der Waals surface area contributed by atoms with Crippen LogP contribution >= 0.6 is 11.3 Å². The summed E-state index contributed by atoms with van der Waals surface area (Å²) >= 11 is 1.20. The van der Waals surface area contributed by atoms with Crippen molar-refractivity contribution >= 4 is 28.3 Å². The van der Waals surface area contributed by atoms with Crippen LogP contribution in [0.4, 0.5) is 9.80 Å². The number of furan rings is 1. The van der Waals surface area contributed by atoms with E-state index in [1.165, 1.54) is 17.4 Å². The standard InChI is InChI=1S/C14H14N2O4S/c17-13(18)11-5-7-21-12(11)15-14(19)16(9-3-4-9)8-10-2-1-6-20-10/h1-2,5-7,9H,3-4,8H2,(H,15,19)(H,17,18). The molecule has 6 nitrogen and oxygen atoms in total. The molecule has 0 unspecified atom stereocenters. The van der Waals surface area contributed by atoms with Crippen LogP contribution in [0, 0.1) is 0 Å². The first kappa shape index (κ1) is 13.7. The van der Waals surface area contributed by atoms with Gasteiger partial charge in [-0.1, -0.05) is 0 Å². The predicted molar refractivity (Wildman–Crippen MR) is 77.6 cm³/mol. The highest BCUT2D eigenvalue weighted by molar-refractivity contribution is 7.14. The van der Waals surface area contributed by atoms with E-state index in [1.54, 1.807) is 22.6 Å². The van der Waals surface area contributed by atoms with Gasteiger partial charge in [0.25, 0.3) is 0 Å². The topological polar surface area (TPSA) is 82.8 Å². The van der Waals surface area contributed by atoms with E-state index in [1.807, 2.05) is 6.07 Å². The smallest absolute Gasteiger partial charge is 0.338 e. The third kappa shape index (κ3) is 3.08. The number of rotatable bonds is 5. The van der Waals surface area contributed by atoms with Crippen molar-refractivity contribution in [3.8, 4) is 0 Å². The van der Waals surface area contributed by atoms with Gasteiger partial charge in [-0.15, -0.1) is 11.3 Å². The van der Waals surface area contributed by atoms with Crippen LogP contribution < -0.4 is 5.32 Å². The summed E-state index contributed by atoms with van der Waals surface area (Å²) in [4.78, 5) is 25.1. The first-order valence-corrected chi connectivity index (χ1v) is 7.44. The van der Waals surface area contributed by atoms with Gasteiger partial charge in [0.05, 0.1) is 18.4 Å². The summed E-state index contributed by atoms with van der Waals surface area (Å²) in [5, 5.41) is 13.8. The van der Waals surface area contributed by atoms with Gasteiger partial charge in [-0.3, -0.25) is 5.32 Å². The predicted octanol–water partition coefficient (Wildman–Crippen LogP) is 3.24. The zero-order chi connectivity index (χ0) is 14.8. The number of thiophene rings is 1. The Hall–Kier alpha value is -2.28. The van der Waals surface area contributed by atoms with E-state index >= 15 is 0 Å². The van der Waals surface area contributed by atoms with Gasteiger partial charge in [0.15, 0.2) is 0 Å². The molecular weight excluding hydrogens is 292 g/mol. The van der Waals surface area contributed by atoms with Crippen molar-refractivity contribution in [1.82, 2.24) is 4.90 Å². The molecule has 2 heterocycles. The normalized spacial score (nSPS) is 13.9. The lowest BCUT2D eigenvalue weighted by Gasteiger charge is -2.21. The third-order valence-corrected chi connectivity index (χ3v) is 4.10. The molecule has 0 saturated heterocycles. The number of carboxylic acid groups (broad SMARTS) is 1. The number of nitrogens with one attached hydrogen (secondary N) is 1. The Balaban J connectivity index is 1.72. The van der Waals surface area contributed by atoms with Crippen LogP contribution in [0.25, 0.3) is 0 Å². The number of hydrogen-bond acceptors (Lipinski definition) is 4. The lowest BCUT2D eigenvalue weighted by atomic mass is 10.3. The maximum atomic E-state index is 12.4. The fourth-order valence-corrected chi connectivity index (χ4v) is 2.84. The molecule has 0 aromatic carbocycles. The number of carbonyl (C=O) groups is 2. The second-order valence-electron chi connectivity index (χ2n) is 4.84. The average Bonchev–Trinajstić information content (AvgIpc) is 2.97. The van der Waals surface area contributed by atoms with E-state index in [0.717, 1.165) is 12.8 Å². The van der Waals surface area contributed by atoms with E-state index in [4.69, 9.17) is 9.52 Å². The van der Waals surface area contributed by atoms with Gasteiger partial charge in [0, 0.05) is 6.04 Å². The molecule has 1 aliphatic rings. The number of amides is 2. The molecule has 3 rings (SSSR count). The summed E-state index contributed by atoms with van der Waals surface area (Å²) in [5.74, 6) is -0.336. The van der Waals surface area contributed by atoms with E-state index in [2.05, 4.69) is 5.32 Å². The zero-order valence-corrected chi connectivity index (χ0v) is 11.9. The monoisotopic (exact) mass is 306 g/mol. The number of carbonyl (C=O) groups excluding carboxylic acids is 1. The molecule has 1 aliphatic carbocycles. The Morgan fingerprint density at radius 1 is 1.43 bits per heavy atom. The van der Waals surface area contributed by atoms with Gasteiger partial charge in [-0.05, 0) is 36.4 Å². The van der Waals surface area contributed by atoms with Crippen LogP contribution in [-0.2, 0) is 6.54 Å². The molecular formula is C14H14N2O4S. The molecule has 21 heavy (non-hydrogen) atoms. The van der Waals surface area contributed by atoms with Crippen LogP contribution in [-0.4, -0.2) is 28.0 Å². The molecule has 2 aromatic heterocycles. The molecule has 0 spiro atoms. The van der Waals surface area contributed by atoms with Gasteiger partial charge in [0.1, 0.15) is 10.8 Å². The lowest BCUT2D eigenvalue weighted by molar-refractivity contribution is 0.0698. The van der Waals surface area contributed by atoms with Crippen molar-refractivity contribution in [1.29, 1.82) is 0 Å². The number of anilines is 1. The Morgan fingerprint density at radius 3 is 2.86 bits per heavy atom. The zero-order valence-electron chi connectivity index (χ0n) is 11.1. The fraction of sp³-hybridized carbons (Fsp3) is 0.286.